The molecule has 5 nitrogen and oxygen atoms in total. The number of likely N-dealkylation sites (tertiary alicyclic amines) is 2. The number of carboxylic acids is 1. The molecule has 2 fully saturated rings. The van der Waals surface area contributed by atoms with E-state index in [4.69, 9.17) is 5.11 Å². The van der Waals surface area contributed by atoms with Gasteiger partial charge in [-0.15, -0.1) is 0 Å². The minimum absolute atomic E-state index is 0.0161. The van der Waals surface area contributed by atoms with E-state index in [2.05, 4.69) is 36.1 Å². The summed E-state index contributed by atoms with van der Waals surface area (Å²) in [6.45, 7) is 6.73. The van der Waals surface area contributed by atoms with E-state index in [9.17, 15) is 9.59 Å². The monoisotopic (exact) mass is 316 g/mol. The van der Waals surface area contributed by atoms with Crippen molar-refractivity contribution in [2.75, 3.05) is 26.2 Å². The maximum absolute atomic E-state index is 12.1. The largest absolute Gasteiger partial charge is 0.481 e. The predicted octanol–water partition coefficient (Wildman–Crippen LogP) is 1.83. The van der Waals surface area contributed by atoms with Crippen LogP contribution in [0.25, 0.3) is 0 Å². The first-order chi connectivity index (χ1) is 11.0. The Morgan fingerprint density at radius 2 is 1.91 bits per heavy atom. The Morgan fingerprint density at radius 3 is 2.57 bits per heavy atom. The molecule has 2 saturated heterocycles. The highest BCUT2D eigenvalue weighted by Crippen LogP contribution is 2.42. The van der Waals surface area contributed by atoms with Gasteiger partial charge in [0, 0.05) is 44.6 Å². The number of benzene rings is 1. The van der Waals surface area contributed by atoms with E-state index >= 15 is 0 Å². The Balaban J connectivity index is 1.55. The first-order valence-corrected chi connectivity index (χ1v) is 8.22. The normalized spacial score (nSPS) is 27.2. The van der Waals surface area contributed by atoms with E-state index in [0.29, 0.717) is 5.92 Å². The molecule has 23 heavy (non-hydrogen) atoms. The second-order valence-electron chi connectivity index (χ2n) is 7.17. The summed E-state index contributed by atoms with van der Waals surface area (Å²) < 4.78 is 0. The van der Waals surface area contributed by atoms with Gasteiger partial charge in [-0.1, -0.05) is 37.3 Å². The van der Waals surface area contributed by atoms with Crippen molar-refractivity contribution in [2.24, 2.45) is 11.3 Å². The molecular formula is C18H24N2O3. The highest BCUT2D eigenvalue weighted by atomic mass is 16.4. The van der Waals surface area contributed by atoms with E-state index in [0.717, 1.165) is 32.7 Å². The van der Waals surface area contributed by atoms with Crippen molar-refractivity contribution < 1.29 is 14.7 Å². The minimum atomic E-state index is -0.905. The van der Waals surface area contributed by atoms with Crippen LogP contribution in [0.5, 0.6) is 0 Å². The average Bonchev–Trinajstić information content (AvgIpc) is 2.97. The van der Waals surface area contributed by atoms with Gasteiger partial charge in [0.1, 0.15) is 0 Å². The number of amides is 1. The molecule has 0 bridgehead atoms. The predicted molar refractivity (Wildman–Crippen MR) is 86.8 cm³/mol. The maximum Gasteiger partial charge on any atom is 0.303 e. The van der Waals surface area contributed by atoms with Gasteiger partial charge in [-0.3, -0.25) is 14.5 Å². The molecular weight excluding hydrogens is 292 g/mol. The van der Waals surface area contributed by atoms with Crippen LogP contribution in [0.15, 0.2) is 30.3 Å². The molecule has 124 valence electrons. The molecule has 1 aromatic rings. The molecule has 0 aliphatic carbocycles. The Labute approximate surface area is 136 Å². The summed E-state index contributed by atoms with van der Waals surface area (Å²) in [6.07, 6.45) is 0.0444. The molecule has 1 amide bonds. The van der Waals surface area contributed by atoms with Crippen molar-refractivity contribution in [3.05, 3.63) is 35.9 Å². The quantitative estimate of drug-likeness (QED) is 0.900. The number of hydrogen-bond donors (Lipinski definition) is 1. The van der Waals surface area contributed by atoms with Crippen LogP contribution in [0.3, 0.4) is 0 Å². The van der Waals surface area contributed by atoms with Crippen LogP contribution in [0.4, 0.5) is 0 Å². The molecule has 0 aromatic heterocycles. The molecule has 2 aliphatic rings. The SMILES string of the molecule is C[C@]12CN(Cc3ccccc3)C[C@H]1CN(C(=O)CCC(=O)O)C2. The van der Waals surface area contributed by atoms with Crippen LogP contribution < -0.4 is 0 Å². The van der Waals surface area contributed by atoms with Gasteiger partial charge < -0.3 is 10.0 Å². The van der Waals surface area contributed by atoms with Crippen LogP contribution in [0.2, 0.25) is 0 Å². The van der Waals surface area contributed by atoms with Gasteiger partial charge in [-0.2, -0.15) is 0 Å². The van der Waals surface area contributed by atoms with Crippen LogP contribution in [0.1, 0.15) is 25.3 Å². The van der Waals surface area contributed by atoms with Crippen molar-refractivity contribution in [2.45, 2.75) is 26.3 Å². The number of hydrogen-bond acceptors (Lipinski definition) is 3. The van der Waals surface area contributed by atoms with Crippen molar-refractivity contribution in [1.82, 2.24) is 9.80 Å². The van der Waals surface area contributed by atoms with E-state index in [1.807, 2.05) is 11.0 Å². The zero-order valence-corrected chi connectivity index (χ0v) is 13.6. The lowest BCUT2D eigenvalue weighted by Crippen LogP contribution is -2.35. The highest BCUT2D eigenvalue weighted by Gasteiger charge is 2.49. The van der Waals surface area contributed by atoms with Crippen molar-refractivity contribution in [3.63, 3.8) is 0 Å². The van der Waals surface area contributed by atoms with Crippen molar-refractivity contribution >= 4 is 11.9 Å². The van der Waals surface area contributed by atoms with Gasteiger partial charge >= 0.3 is 5.97 Å². The molecule has 1 N–H and O–H groups in total. The molecule has 2 heterocycles. The average molecular weight is 316 g/mol. The number of carbonyl (C=O) groups is 2. The topological polar surface area (TPSA) is 60.9 Å². The molecule has 0 radical (unpaired) electrons. The van der Waals surface area contributed by atoms with Crippen LogP contribution in [-0.2, 0) is 16.1 Å². The fraction of sp³-hybridized carbons (Fsp3) is 0.556. The first-order valence-electron chi connectivity index (χ1n) is 8.22. The third-order valence-electron chi connectivity index (χ3n) is 5.20. The third kappa shape index (κ3) is 3.55. The first kappa shape index (κ1) is 16.0. The number of aliphatic carboxylic acids is 1. The van der Waals surface area contributed by atoms with Gasteiger partial charge in [0.25, 0.3) is 0 Å². The van der Waals surface area contributed by atoms with Gasteiger partial charge in [0.2, 0.25) is 5.91 Å². The van der Waals surface area contributed by atoms with E-state index in [1.54, 1.807) is 0 Å². The number of rotatable bonds is 5. The Hall–Kier alpha value is -1.88. The fourth-order valence-electron chi connectivity index (χ4n) is 3.98. The summed E-state index contributed by atoms with van der Waals surface area (Å²) in [5, 5.41) is 8.71. The van der Waals surface area contributed by atoms with E-state index in [-0.39, 0.29) is 24.2 Å². The smallest absolute Gasteiger partial charge is 0.303 e. The molecule has 3 rings (SSSR count). The standard InChI is InChI=1S/C18H24N2O3/c1-18-12-19(9-14-5-3-2-4-6-14)10-15(18)11-20(13-18)16(21)7-8-17(22)23/h2-6,15H,7-13H2,1H3,(H,22,23)/t15-,18+/m0/s1. The summed E-state index contributed by atoms with van der Waals surface area (Å²) in [7, 11) is 0. The Morgan fingerprint density at radius 1 is 1.17 bits per heavy atom. The van der Waals surface area contributed by atoms with Gasteiger partial charge in [0.15, 0.2) is 0 Å². The summed E-state index contributed by atoms with van der Waals surface area (Å²) in [6, 6.07) is 10.5. The zero-order valence-electron chi connectivity index (χ0n) is 13.6. The van der Waals surface area contributed by atoms with Gasteiger partial charge in [0.05, 0.1) is 6.42 Å². The van der Waals surface area contributed by atoms with Gasteiger partial charge in [-0.25, -0.2) is 0 Å². The molecule has 2 aliphatic heterocycles. The second kappa shape index (κ2) is 6.32. The number of fused-ring (bicyclic) bond motifs is 1. The molecule has 0 spiro atoms. The molecule has 0 unspecified atom stereocenters. The second-order valence-corrected chi connectivity index (χ2v) is 7.17. The minimum Gasteiger partial charge on any atom is -0.481 e. The van der Waals surface area contributed by atoms with E-state index in [1.165, 1.54) is 5.56 Å². The van der Waals surface area contributed by atoms with Crippen LogP contribution in [0, 0.1) is 11.3 Å². The van der Waals surface area contributed by atoms with Crippen LogP contribution in [-0.4, -0.2) is 53.0 Å². The van der Waals surface area contributed by atoms with Crippen LogP contribution >= 0.6 is 0 Å². The van der Waals surface area contributed by atoms with Crippen molar-refractivity contribution in [1.29, 1.82) is 0 Å². The Kier molecular flexibility index (Phi) is 4.39. The van der Waals surface area contributed by atoms with Gasteiger partial charge in [-0.05, 0) is 11.5 Å². The Bertz CT molecular complexity index is 589. The zero-order chi connectivity index (χ0) is 16.4. The number of nitrogens with zero attached hydrogens (tertiary/aromatic N) is 2. The maximum atomic E-state index is 12.1. The lowest BCUT2D eigenvalue weighted by Gasteiger charge is -2.25. The van der Waals surface area contributed by atoms with E-state index < -0.39 is 5.97 Å². The van der Waals surface area contributed by atoms with Crippen molar-refractivity contribution in [3.8, 4) is 0 Å². The fourth-order valence-corrected chi connectivity index (χ4v) is 3.98. The lowest BCUT2D eigenvalue weighted by atomic mass is 9.83. The molecule has 5 heteroatoms. The summed E-state index contributed by atoms with van der Waals surface area (Å²) in [5.74, 6) is -0.435. The number of carbonyl (C=O) groups excluding carboxylic acids is 1. The lowest BCUT2D eigenvalue weighted by molar-refractivity contribution is -0.140. The summed E-state index contributed by atoms with van der Waals surface area (Å²) in [5.41, 5.74) is 1.46. The molecule has 0 saturated carbocycles. The molecule has 2 atom stereocenters. The summed E-state index contributed by atoms with van der Waals surface area (Å²) >= 11 is 0. The highest BCUT2D eigenvalue weighted by molar-refractivity contribution is 5.81. The third-order valence-corrected chi connectivity index (χ3v) is 5.20. The number of carboxylic acid groups (broad SMARTS) is 1. The molecule has 1 aromatic carbocycles. The summed E-state index contributed by atoms with van der Waals surface area (Å²) in [4.78, 5) is 27.1.